The van der Waals surface area contributed by atoms with Crippen molar-refractivity contribution >= 4 is 5.97 Å². The summed E-state index contributed by atoms with van der Waals surface area (Å²) >= 11 is 0. The summed E-state index contributed by atoms with van der Waals surface area (Å²) in [7, 11) is 0. The predicted molar refractivity (Wildman–Crippen MR) is 130 cm³/mol. The van der Waals surface area contributed by atoms with Crippen molar-refractivity contribution in [2.75, 3.05) is 0 Å². The Hall–Kier alpha value is -2.13. The van der Waals surface area contributed by atoms with Crippen LogP contribution in [-0.4, -0.2) is 17.7 Å². The molecule has 0 aliphatic heterocycles. The van der Waals surface area contributed by atoms with Crippen molar-refractivity contribution in [3.05, 3.63) is 70.8 Å². The molecule has 0 bridgehead atoms. The average molecular weight is 427 g/mol. The third-order valence-electron chi connectivity index (χ3n) is 4.63. The highest BCUT2D eigenvalue weighted by Gasteiger charge is 2.24. The van der Waals surface area contributed by atoms with Gasteiger partial charge in [-0.25, -0.2) is 0 Å². The molecule has 0 saturated carbocycles. The first-order valence-corrected chi connectivity index (χ1v) is 11.6. The molecule has 0 saturated heterocycles. The monoisotopic (exact) mass is 426 g/mol. The highest BCUT2D eigenvalue weighted by Crippen LogP contribution is 2.35. The van der Waals surface area contributed by atoms with E-state index in [9.17, 15) is 4.79 Å². The van der Waals surface area contributed by atoms with Crippen LogP contribution >= 0.6 is 0 Å². The molecule has 3 nitrogen and oxygen atoms in total. The number of carbonyl (C=O) groups excluding carboxylic acids is 1. The summed E-state index contributed by atoms with van der Waals surface area (Å²) in [5.41, 5.74) is 5.16. The van der Waals surface area contributed by atoms with Gasteiger partial charge in [0.15, 0.2) is 0 Å². The third kappa shape index (κ3) is 8.86. The number of benzene rings is 2. The zero-order chi connectivity index (χ0) is 23.6. The molecule has 3 rings (SSSR count). The SMILES string of the molecule is CC.CC(C)C(=O)OC(C)(C)C.CC(C)OC1c2ccccc2CCc2ccccc21. The van der Waals surface area contributed by atoms with Gasteiger partial charge in [-0.15, -0.1) is 0 Å². The maximum Gasteiger partial charge on any atom is 0.308 e. The number of ether oxygens (including phenoxy) is 2. The lowest BCUT2D eigenvalue weighted by atomic mass is 9.97. The molecule has 0 atom stereocenters. The molecule has 1 aliphatic rings. The fourth-order valence-corrected chi connectivity index (χ4v) is 3.31. The number of hydrogen-bond donors (Lipinski definition) is 0. The molecule has 0 aromatic heterocycles. The molecule has 0 unspecified atom stereocenters. The molecular weight excluding hydrogens is 384 g/mol. The summed E-state index contributed by atoms with van der Waals surface area (Å²) in [6.07, 6.45) is 2.51. The van der Waals surface area contributed by atoms with Gasteiger partial charge in [-0.2, -0.15) is 0 Å². The Morgan fingerprint density at radius 3 is 1.58 bits per heavy atom. The van der Waals surface area contributed by atoms with E-state index in [1.165, 1.54) is 22.3 Å². The normalized spacial score (nSPS) is 13.1. The van der Waals surface area contributed by atoms with Crippen LogP contribution in [0.1, 0.15) is 90.7 Å². The highest BCUT2D eigenvalue weighted by molar-refractivity contribution is 5.71. The third-order valence-corrected chi connectivity index (χ3v) is 4.63. The fourth-order valence-electron chi connectivity index (χ4n) is 3.31. The molecule has 1 aliphatic carbocycles. The molecule has 0 spiro atoms. The Labute approximate surface area is 190 Å². The first-order valence-electron chi connectivity index (χ1n) is 11.6. The molecule has 0 heterocycles. The second-order valence-electron chi connectivity index (χ2n) is 9.15. The van der Waals surface area contributed by atoms with Gasteiger partial charge in [-0.3, -0.25) is 4.79 Å². The van der Waals surface area contributed by atoms with Crippen molar-refractivity contribution in [1.29, 1.82) is 0 Å². The molecule has 0 radical (unpaired) electrons. The maximum atomic E-state index is 10.9. The Kier molecular flexibility index (Phi) is 11.0. The van der Waals surface area contributed by atoms with E-state index in [0.29, 0.717) is 0 Å². The maximum absolute atomic E-state index is 10.9. The van der Waals surface area contributed by atoms with Gasteiger partial charge in [0.1, 0.15) is 11.7 Å². The van der Waals surface area contributed by atoms with E-state index in [2.05, 4.69) is 62.4 Å². The first kappa shape index (κ1) is 26.9. The molecule has 0 amide bonds. The van der Waals surface area contributed by atoms with Crippen LogP contribution in [0.25, 0.3) is 0 Å². The van der Waals surface area contributed by atoms with Crippen LogP contribution in [0.4, 0.5) is 0 Å². The van der Waals surface area contributed by atoms with Crippen molar-refractivity contribution in [3.8, 4) is 0 Å². The molecular formula is C28H42O3. The number of esters is 1. The van der Waals surface area contributed by atoms with Crippen molar-refractivity contribution in [2.45, 2.75) is 93.0 Å². The zero-order valence-corrected chi connectivity index (χ0v) is 21.0. The minimum absolute atomic E-state index is 0.0285. The van der Waals surface area contributed by atoms with Crippen LogP contribution in [0, 0.1) is 5.92 Å². The minimum atomic E-state index is -0.346. The van der Waals surface area contributed by atoms with Crippen molar-refractivity contribution in [2.24, 2.45) is 5.92 Å². The van der Waals surface area contributed by atoms with Crippen LogP contribution in [0.2, 0.25) is 0 Å². The number of fused-ring (bicyclic) bond motifs is 2. The van der Waals surface area contributed by atoms with E-state index in [1.54, 1.807) is 0 Å². The lowest BCUT2D eigenvalue weighted by Crippen LogP contribution is -2.26. The zero-order valence-electron chi connectivity index (χ0n) is 21.0. The van der Waals surface area contributed by atoms with E-state index < -0.39 is 0 Å². The van der Waals surface area contributed by atoms with Gasteiger partial charge in [-0.05, 0) is 69.7 Å². The summed E-state index contributed by atoms with van der Waals surface area (Å²) < 4.78 is 11.3. The largest absolute Gasteiger partial charge is 0.460 e. The Morgan fingerprint density at radius 2 is 1.26 bits per heavy atom. The number of rotatable bonds is 3. The summed E-state index contributed by atoms with van der Waals surface area (Å²) in [6, 6.07) is 17.4. The smallest absolute Gasteiger partial charge is 0.308 e. The lowest BCUT2D eigenvalue weighted by molar-refractivity contribution is -0.158. The molecule has 0 N–H and O–H groups in total. The van der Waals surface area contributed by atoms with Crippen molar-refractivity contribution in [3.63, 3.8) is 0 Å². The molecule has 172 valence electrons. The topological polar surface area (TPSA) is 35.5 Å². The molecule has 31 heavy (non-hydrogen) atoms. The van der Waals surface area contributed by atoms with Gasteiger partial charge >= 0.3 is 5.97 Å². The van der Waals surface area contributed by atoms with Crippen LogP contribution in [0.3, 0.4) is 0 Å². The fraction of sp³-hybridized carbons (Fsp3) is 0.536. The van der Waals surface area contributed by atoms with Crippen LogP contribution in [-0.2, 0) is 27.1 Å². The first-order chi connectivity index (χ1) is 14.6. The van der Waals surface area contributed by atoms with E-state index >= 15 is 0 Å². The van der Waals surface area contributed by atoms with E-state index in [1.807, 2.05) is 48.5 Å². The lowest BCUT2D eigenvalue weighted by Gasteiger charge is -2.23. The summed E-state index contributed by atoms with van der Waals surface area (Å²) in [5, 5.41) is 0. The van der Waals surface area contributed by atoms with E-state index in [-0.39, 0.29) is 29.7 Å². The molecule has 2 aromatic carbocycles. The summed E-state index contributed by atoms with van der Waals surface area (Å²) in [4.78, 5) is 10.9. The number of aryl methyl sites for hydroxylation is 2. The van der Waals surface area contributed by atoms with Crippen molar-refractivity contribution < 1.29 is 14.3 Å². The van der Waals surface area contributed by atoms with Gasteiger partial charge < -0.3 is 9.47 Å². The van der Waals surface area contributed by atoms with Gasteiger partial charge in [0.25, 0.3) is 0 Å². The minimum Gasteiger partial charge on any atom is -0.460 e. The summed E-state index contributed by atoms with van der Waals surface area (Å²) in [6.45, 7) is 17.5. The van der Waals surface area contributed by atoms with Crippen LogP contribution in [0.5, 0.6) is 0 Å². The number of hydrogen-bond acceptors (Lipinski definition) is 3. The molecule has 3 heteroatoms. The van der Waals surface area contributed by atoms with Gasteiger partial charge in [0, 0.05) is 0 Å². The van der Waals surface area contributed by atoms with Gasteiger partial charge in [0.2, 0.25) is 0 Å². The molecule has 2 aromatic rings. The standard InChI is InChI=1S/C18H20O.C8H16O2.C2H6/c1-13(2)19-18-16-9-5-3-7-14(16)11-12-15-8-4-6-10-17(15)18;1-6(2)7(9)10-8(3,4)5;1-2/h3-10,13,18H,11-12H2,1-2H3;6H,1-5H3;1-2H3. The van der Waals surface area contributed by atoms with E-state index in [0.717, 1.165) is 12.8 Å². The average Bonchev–Trinajstić information content (AvgIpc) is 2.86. The predicted octanol–water partition coefficient (Wildman–Crippen LogP) is 7.31. The Bertz CT molecular complexity index is 752. The summed E-state index contributed by atoms with van der Waals surface area (Å²) in [5.74, 6) is -0.160. The Balaban J connectivity index is 0.000000343. The molecule has 0 fully saturated rings. The Morgan fingerprint density at radius 1 is 0.839 bits per heavy atom. The van der Waals surface area contributed by atoms with Gasteiger partial charge in [0.05, 0.1) is 12.0 Å². The van der Waals surface area contributed by atoms with Gasteiger partial charge in [-0.1, -0.05) is 76.2 Å². The van der Waals surface area contributed by atoms with Crippen LogP contribution < -0.4 is 0 Å². The van der Waals surface area contributed by atoms with Crippen molar-refractivity contribution in [1.82, 2.24) is 0 Å². The van der Waals surface area contributed by atoms with E-state index in [4.69, 9.17) is 9.47 Å². The second-order valence-corrected chi connectivity index (χ2v) is 9.15. The highest BCUT2D eigenvalue weighted by atomic mass is 16.6. The van der Waals surface area contributed by atoms with Crippen LogP contribution in [0.15, 0.2) is 48.5 Å². The second kappa shape index (κ2) is 12.7. The quantitative estimate of drug-likeness (QED) is 0.483. The number of carbonyl (C=O) groups is 1.